The van der Waals surface area contributed by atoms with Crippen molar-refractivity contribution in [2.24, 2.45) is 5.73 Å². The molecule has 2 rings (SSSR count). The Morgan fingerprint density at radius 2 is 1.78 bits per heavy atom. The van der Waals surface area contributed by atoms with E-state index >= 15 is 0 Å². The third-order valence-electron chi connectivity index (χ3n) is 3.59. The van der Waals surface area contributed by atoms with Gasteiger partial charge in [0.25, 0.3) is 11.8 Å². The second kappa shape index (κ2) is 9.29. The van der Waals surface area contributed by atoms with Gasteiger partial charge >= 0.3 is 5.97 Å². The van der Waals surface area contributed by atoms with Crippen LogP contribution in [0.15, 0.2) is 35.7 Å². The number of nitrogens with one attached hydrogen (secondary N) is 1. The largest absolute Gasteiger partial charge is 0.449 e. The molecule has 1 heterocycles. The molecule has 1 aromatic heterocycles. The summed E-state index contributed by atoms with van der Waals surface area (Å²) in [4.78, 5) is 35.7. The van der Waals surface area contributed by atoms with Crippen molar-refractivity contribution in [1.82, 2.24) is 0 Å². The molecule has 0 saturated heterocycles. The van der Waals surface area contributed by atoms with Crippen molar-refractivity contribution in [1.29, 1.82) is 0 Å². The van der Waals surface area contributed by atoms with Gasteiger partial charge in [0, 0.05) is 0 Å². The van der Waals surface area contributed by atoms with E-state index in [4.69, 9.17) is 15.2 Å². The fourth-order valence-electron chi connectivity index (χ4n) is 2.10. The van der Waals surface area contributed by atoms with Gasteiger partial charge in [-0.15, -0.1) is 11.3 Å². The molecule has 0 fully saturated rings. The second-order valence-corrected chi connectivity index (χ2v) is 7.04. The van der Waals surface area contributed by atoms with Gasteiger partial charge < -0.3 is 20.5 Å². The predicted octanol–water partition coefficient (Wildman–Crippen LogP) is 2.96. The van der Waals surface area contributed by atoms with E-state index in [2.05, 4.69) is 5.32 Å². The van der Waals surface area contributed by atoms with Crippen molar-refractivity contribution in [3.63, 3.8) is 0 Å². The molecule has 0 aliphatic carbocycles. The molecule has 0 bridgehead atoms. The molecule has 0 unspecified atom stereocenters. The van der Waals surface area contributed by atoms with Gasteiger partial charge in [-0.3, -0.25) is 9.59 Å². The van der Waals surface area contributed by atoms with Crippen LogP contribution in [0.4, 0.5) is 5.00 Å². The molecule has 0 saturated carbocycles. The highest BCUT2D eigenvalue weighted by Crippen LogP contribution is 2.23. The Morgan fingerprint density at radius 1 is 1.11 bits per heavy atom. The number of anilines is 1. The SMILES string of the molecule is CC(C)OCc1ccc(C(=O)O[C@H](C)C(=O)Nc2sccc2C(N)=O)cc1. The Morgan fingerprint density at radius 3 is 2.37 bits per heavy atom. The standard InChI is InChI=1S/C19H22N2O5S/c1-11(2)25-10-13-4-6-14(7-5-13)19(24)26-12(3)17(23)21-18-15(16(20)22)8-9-27-18/h4-9,11-12H,10H2,1-3H3,(H2,20,22)(H,21,23)/t12-/m1/s1. The number of nitrogens with two attached hydrogens (primary N) is 1. The van der Waals surface area contributed by atoms with E-state index in [1.165, 1.54) is 13.0 Å². The predicted molar refractivity (Wildman–Crippen MR) is 103 cm³/mol. The molecule has 7 nitrogen and oxygen atoms in total. The summed E-state index contributed by atoms with van der Waals surface area (Å²) < 4.78 is 10.7. The Bertz CT molecular complexity index is 814. The van der Waals surface area contributed by atoms with Gasteiger partial charge in [0.1, 0.15) is 5.00 Å². The highest BCUT2D eigenvalue weighted by molar-refractivity contribution is 7.14. The lowest BCUT2D eigenvalue weighted by atomic mass is 10.1. The van der Waals surface area contributed by atoms with E-state index < -0.39 is 23.9 Å². The molecule has 0 aliphatic heterocycles. The van der Waals surface area contributed by atoms with Gasteiger partial charge in [0.2, 0.25) is 0 Å². The quantitative estimate of drug-likeness (QED) is 0.674. The Kier molecular flexibility index (Phi) is 7.09. The van der Waals surface area contributed by atoms with Crippen LogP contribution in [0.3, 0.4) is 0 Å². The van der Waals surface area contributed by atoms with E-state index in [-0.39, 0.29) is 11.7 Å². The number of thiophene rings is 1. The molecule has 2 aromatic rings. The van der Waals surface area contributed by atoms with Crippen LogP contribution in [0.1, 0.15) is 47.1 Å². The molecule has 0 spiro atoms. The number of benzene rings is 1. The van der Waals surface area contributed by atoms with Crippen molar-refractivity contribution < 1.29 is 23.9 Å². The fraction of sp³-hybridized carbons (Fsp3) is 0.316. The first-order chi connectivity index (χ1) is 12.8. The number of hydrogen-bond acceptors (Lipinski definition) is 6. The minimum absolute atomic E-state index is 0.118. The lowest BCUT2D eigenvalue weighted by molar-refractivity contribution is -0.123. The van der Waals surface area contributed by atoms with E-state index in [1.807, 2.05) is 13.8 Å². The summed E-state index contributed by atoms with van der Waals surface area (Å²) in [7, 11) is 0. The van der Waals surface area contributed by atoms with Gasteiger partial charge in [-0.1, -0.05) is 12.1 Å². The van der Waals surface area contributed by atoms with Gasteiger partial charge in [0.05, 0.1) is 23.8 Å². The van der Waals surface area contributed by atoms with Gasteiger partial charge in [-0.05, 0) is 49.9 Å². The molecule has 27 heavy (non-hydrogen) atoms. The Hall–Kier alpha value is -2.71. The lowest BCUT2D eigenvalue weighted by Gasteiger charge is -2.13. The van der Waals surface area contributed by atoms with Crippen LogP contribution in [0, 0.1) is 0 Å². The van der Waals surface area contributed by atoms with Crippen LogP contribution in [0.2, 0.25) is 0 Å². The zero-order valence-electron chi connectivity index (χ0n) is 15.4. The molecule has 1 aromatic carbocycles. The first-order valence-electron chi connectivity index (χ1n) is 8.37. The van der Waals surface area contributed by atoms with Crippen LogP contribution >= 0.6 is 11.3 Å². The van der Waals surface area contributed by atoms with Crippen LogP contribution in [-0.4, -0.2) is 30.0 Å². The van der Waals surface area contributed by atoms with Crippen molar-refractivity contribution >= 4 is 34.1 Å². The van der Waals surface area contributed by atoms with E-state index in [0.717, 1.165) is 16.9 Å². The number of rotatable bonds is 8. The molecule has 0 aliphatic rings. The average Bonchev–Trinajstić information content (AvgIpc) is 3.08. The summed E-state index contributed by atoms with van der Waals surface area (Å²) in [5, 5.41) is 4.51. The van der Waals surface area contributed by atoms with E-state index in [9.17, 15) is 14.4 Å². The Balaban J connectivity index is 1.93. The van der Waals surface area contributed by atoms with Gasteiger partial charge in [-0.25, -0.2) is 4.79 Å². The van der Waals surface area contributed by atoms with Crippen LogP contribution in [0.5, 0.6) is 0 Å². The van der Waals surface area contributed by atoms with E-state index in [1.54, 1.807) is 29.6 Å². The second-order valence-electron chi connectivity index (χ2n) is 6.12. The minimum atomic E-state index is -1.04. The average molecular weight is 390 g/mol. The summed E-state index contributed by atoms with van der Waals surface area (Å²) in [6.45, 7) is 5.80. The molecule has 1 atom stereocenters. The monoisotopic (exact) mass is 390 g/mol. The molecule has 8 heteroatoms. The van der Waals surface area contributed by atoms with Crippen molar-refractivity contribution in [3.05, 3.63) is 52.4 Å². The number of ether oxygens (including phenoxy) is 2. The summed E-state index contributed by atoms with van der Waals surface area (Å²) >= 11 is 1.16. The molecule has 3 N–H and O–H groups in total. The fourth-order valence-corrected chi connectivity index (χ4v) is 2.89. The number of amides is 2. The number of carbonyl (C=O) groups is 3. The maximum Gasteiger partial charge on any atom is 0.338 e. The number of hydrogen-bond donors (Lipinski definition) is 2. The third-order valence-corrected chi connectivity index (χ3v) is 4.42. The van der Waals surface area contributed by atoms with Crippen molar-refractivity contribution in [2.45, 2.75) is 39.6 Å². The lowest BCUT2D eigenvalue weighted by Crippen LogP contribution is -2.30. The number of carbonyl (C=O) groups excluding carboxylic acids is 3. The van der Waals surface area contributed by atoms with Crippen molar-refractivity contribution in [3.8, 4) is 0 Å². The third kappa shape index (κ3) is 5.90. The molecular formula is C19H22N2O5S. The zero-order valence-corrected chi connectivity index (χ0v) is 16.2. The van der Waals surface area contributed by atoms with Crippen molar-refractivity contribution in [2.75, 3.05) is 5.32 Å². The Labute approximate surface area is 161 Å². The first kappa shape index (κ1) is 20.6. The minimum Gasteiger partial charge on any atom is -0.449 e. The topological polar surface area (TPSA) is 108 Å². The molecule has 144 valence electrons. The first-order valence-corrected chi connectivity index (χ1v) is 9.25. The smallest absolute Gasteiger partial charge is 0.338 e. The summed E-state index contributed by atoms with van der Waals surface area (Å²) in [5.41, 5.74) is 6.72. The molecular weight excluding hydrogens is 368 g/mol. The normalized spacial score (nSPS) is 11.9. The number of esters is 1. The molecule has 0 radical (unpaired) electrons. The van der Waals surface area contributed by atoms with Crippen LogP contribution < -0.4 is 11.1 Å². The maximum atomic E-state index is 12.2. The number of primary amides is 1. The molecule has 2 amide bonds. The van der Waals surface area contributed by atoms with Gasteiger partial charge in [-0.2, -0.15) is 0 Å². The highest BCUT2D eigenvalue weighted by Gasteiger charge is 2.21. The maximum absolute atomic E-state index is 12.2. The van der Waals surface area contributed by atoms with Crippen LogP contribution in [-0.2, 0) is 20.9 Å². The van der Waals surface area contributed by atoms with E-state index in [0.29, 0.717) is 17.2 Å². The highest BCUT2D eigenvalue weighted by atomic mass is 32.1. The van der Waals surface area contributed by atoms with Crippen LogP contribution in [0.25, 0.3) is 0 Å². The zero-order chi connectivity index (χ0) is 20.0. The summed E-state index contributed by atoms with van der Waals surface area (Å²) in [6, 6.07) is 8.31. The summed E-state index contributed by atoms with van der Waals surface area (Å²) in [6.07, 6.45) is -0.920. The van der Waals surface area contributed by atoms with Gasteiger partial charge in [0.15, 0.2) is 6.10 Å². The summed E-state index contributed by atoms with van der Waals surface area (Å²) in [5.74, 6) is -1.80.